The second-order valence-electron chi connectivity index (χ2n) is 9.29. The van der Waals surface area contributed by atoms with Crippen LogP contribution in [0.5, 0.6) is 5.75 Å². The van der Waals surface area contributed by atoms with Gasteiger partial charge in [-0.15, -0.1) is 0 Å². The first-order valence-electron chi connectivity index (χ1n) is 11.1. The van der Waals surface area contributed by atoms with Crippen molar-refractivity contribution in [1.82, 2.24) is 19.0 Å². The number of rotatable bonds is 3. The third kappa shape index (κ3) is 3.08. The molecule has 34 heavy (non-hydrogen) atoms. The van der Waals surface area contributed by atoms with Crippen molar-refractivity contribution in [2.45, 2.75) is 31.5 Å². The molecule has 0 unspecified atom stereocenters. The number of nitrogens with zero attached hydrogens (tertiary/aromatic N) is 4. The number of amides is 1. The monoisotopic (exact) mass is 470 g/mol. The molecule has 176 valence electrons. The number of hydrogen-bond donors (Lipinski definition) is 0. The highest BCUT2D eigenvalue weighted by molar-refractivity contribution is 5.93. The Morgan fingerprint density at radius 1 is 1.18 bits per heavy atom. The van der Waals surface area contributed by atoms with Gasteiger partial charge in [-0.05, 0) is 43.7 Å². The third-order valence-corrected chi connectivity index (χ3v) is 7.23. The lowest BCUT2D eigenvalue weighted by molar-refractivity contribution is -0.137. The Morgan fingerprint density at radius 3 is 2.74 bits per heavy atom. The summed E-state index contributed by atoms with van der Waals surface area (Å²) < 4.78 is 48.9. The van der Waals surface area contributed by atoms with Gasteiger partial charge in [0.15, 0.2) is 0 Å². The fourth-order valence-electron chi connectivity index (χ4n) is 5.32. The van der Waals surface area contributed by atoms with E-state index < -0.39 is 17.2 Å². The number of carbonyl (C=O) groups is 1. The van der Waals surface area contributed by atoms with Crippen molar-refractivity contribution >= 4 is 5.91 Å². The number of carbonyl (C=O) groups excluding carboxylic acids is 1. The molecule has 1 aromatic carbocycles. The molecule has 1 fully saturated rings. The Kier molecular flexibility index (Phi) is 4.31. The van der Waals surface area contributed by atoms with Crippen LogP contribution < -0.4 is 10.3 Å². The summed E-state index contributed by atoms with van der Waals surface area (Å²) in [6.07, 6.45) is -0.494. The molecule has 0 spiro atoms. The molecular weight excluding hydrogens is 449 g/mol. The van der Waals surface area contributed by atoms with Crippen molar-refractivity contribution < 1.29 is 22.7 Å². The number of alkyl halides is 3. The molecule has 7 nitrogen and oxygen atoms in total. The number of hydrogen-bond acceptors (Lipinski definition) is 4. The molecular formula is C24H21F3N4O3. The number of aryl methyl sites for hydroxylation is 1. The van der Waals surface area contributed by atoms with Crippen molar-refractivity contribution in [2.24, 2.45) is 5.92 Å². The number of benzene rings is 1. The maximum atomic E-state index is 13.4. The van der Waals surface area contributed by atoms with E-state index in [1.807, 2.05) is 6.92 Å². The van der Waals surface area contributed by atoms with Crippen LogP contribution in [0.1, 0.15) is 33.7 Å². The Bertz CT molecular complexity index is 1390. The number of aromatic nitrogens is 3. The summed E-state index contributed by atoms with van der Waals surface area (Å²) in [6, 6.07) is 6.81. The van der Waals surface area contributed by atoms with Crippen molar-refractivity contribution in [2.75, 3.05) is 19.7 Å². The van der Waals surface area contributed by atoms with Gasteiger partial charge < -0.3 is 18.8 Å². The maximum absolute atomic E-state index is 13.4. The second kappa shape index (κ2) is 6.97. The Morgan fingerprint density at radius 2 is 2.00 bits per heavy atom. The zero-order valence-electron chi connectivity index (χ0n) is 18.3. The predicted molar refractivity (Wildman–Crippen MR) is 115 cm³/mol. The van der Waals surface area contributed by atoms with Crippen LogP contribution in [0.4, 0.5) is 13.2 Å². The van der Waals surface area contributed by atoms with E-state index in [-0.39, 0.29) is 23.1 Å². The highest BCUT2D eigenvalue weighted by Gasteiger charge is 2.60. The highest BCUT2D eigenvalue weighted by Crippen LogP contribution is 2.60. The molecule has 1 saturated carbocycles. The summed E-state index contributed by atoms with van der Waals surface area (Å²) in [5, 5.41) is 0. The summed E-state index contributed by atoms with van der Waals surface area (Å²) in [5.74, 6) is 0.215. The summed E-state index contributed by atoms with van der Waals surface area (Å²) in [4.78, 5) is 32.2. The zero-order valence-corrected chi connectivity index (χ0v) is 18.3. The SMILES string of the molecule is Cc1cn(-c2ccc3n(c2=O)CCN(C[C@]24C[C@H]2COc2ccc(C(F)(F)F)cc24)C3=O)cn1. The quantitative estimate of drug-likeness (QED) is 0.590. The molecule has 2 atom stereocenters. The average Bonchev–Trinajstić information content (AvgIpc) is 3.37. The fraction of sp³-hybridized carbons (Fsp3) is 0.375. The lowest BCUT2D eigenvalue weighted by atomic mass is 9.88. The summed E-state index contributed by atoms with van der Waals surface area (Å²) >= 11 is 0. The standard InChI is InChI=1S/C24H21F3N4O3/c1-14-10-30(13-28-14)18-3-4-19-21(32)29(6-7-31(19)22(18)33)12-23-9-16(23)11-34-20-5-2-15(8-17(20)23)24(25,26)27/h2-5,8,10,13,16H,6-7,9,11-12H2,1H3/t16-,23+/m0/s1. The van der Waals surface area contributed by atoms with Crippen LogP contribution in [-0.2, 0) is 18.1 Å². The Hall–Kier alpha value is -3.56. The number of halogens is 3. The normalized spacial score (nSPS) is 23.1. The third-order valence-electron chi connectivity index (χ3n) is 7.23. The fourth-order valence-corrected chi connectivity index (χ4v) is 5.32. The largest absolute Gasteiger partial charge is 0.493 e. The van der Waals surface area contributed by atoms with Gasteiger partial charge in [-0.1, -0.05) is 0 Å². The smallest absolute Gasteiger partial charge is 0.416 e. The first-order valence-corrected chi connectivity index (χ1v) is 11.1. The maximum Gasteiger partial charge on any atom is 0.416 e. The van der Waals surface area contributed by atoms with Crippen LogP contribution in [-0.4, -0.2) is 44.6 Å². The van der Waals surface area contributed by atoms with Gasteiger partial charge in [-0.2, -0.15) is 13.2 Å². The van der Waals surface area contributed by atoms with Crippen LogP contribution in [0.3, 0.4) is 0 Å². The molecule has 3 aromatic rings. The van der Waals surface area contributed by atoms with Crippen molar-refractivity contribution in [3.8, 4) is 11.4 Å². The van der Waals surface area contributed by atoms with Gasteiger partial charge in [-0.25, -0.2) is 4.98 Å². The van der Waals surface area contributed by atoms with E-state index >= 15 is 0 Å². The van der Waals surface area contributed by atoms with Crippen LogP contribution in [0, 0.1) is 12.8 Å². The van der Waals surface area contributed by atoms with E-state index in [4.69, 9.17) is 4.74 Å². The topological polar surface area (TPSA) is 69.4 Å². The lowest BCUT2D eigenvalue weighted by Gasteiger charge is -2.35. The second-order valence-corrected chi connectivity index (χ2v) is 9.29. The first-order chi connectivity index (χ1) is 16.2. The van der Waals surface area contributed by atoms with Crippen LogP contribution in [0.25, 0.3) is 5.69 Å². The van der Waals surface area contributed by atoms with E-state index in [0.29, 0.717) is 49.7 Å². The molecule has 4 heterocycles. The molecule has 0 bridgehead atoms. The van der Waals surface area contributed by atoms with Crippen LogP contribution in [0.2, 0.25) is 0 Å². The van der Waals surface area contributed by atoms with Gasteiger partial charge in [0.25, 0.3) is 11.5 Å². The molecule has 0 radical (unpaired) electrons. The molecule has 1 amide bonds. The van der Waals surface area contributed by atoms with E-state index in [0.717, 1.165) is 11.8 Å². The van der Waals surface area contributed by atoms with Gasteiger partial charge >= 0.3 is 6.18 Å². The minimum absolute atomic E-state index is 0.0623. The van der Waals surface area contributed by atoms with Gasteiger partial charge in [0.2, 0.25) is 0 Å². The molecule has 0 N–H and O–H groups in total. The average molecular weight is 470 g/mol. The number of imidazole rings is 1. The van der Waals surface area contributed by atoms with E-state index in [9.17, 15) is 22.8 Å². The molecule has 2 aromatic heterocycles. The van der Waals surface area contributed by atoms with Gasteiger partial charge in [0, 0.05) is 42.7 Å². The van der Waals surface area contributed by atoms with E-state index in [1.165, 1.54) is 16.7 Å². The summed E-state index contributed by atoms with van der Waals surface area (Å²) in [6.45, 7) is 3.16. The molecule has 10 heteroatoms. The summed E-state index contributed by atoms with van der Waals surface area (Å²) in [5.41, 5.74) is 0.420. The van der Waals surface area contributed by atoms with Crippen molar-refractivity contribution in [1.29, 1.82) is 0 Å². The molecule has 2 aliphatic heterocycles. The highest BCUT2D eigenvalue weighted by atomic mass is 19.4. The minimum Gasteiger partial charge on any atom is -0.493 e. The first kappa shape index (κ1) is 21.0. The van der Waals surface area contributed by atoms with Gasteiger partial charge in [-0.3, -0.25) is 9.59 Å². The van der Waals surface area contributed by atoms with Gasteiger partial charge in [0.05, 0.1) is 24.2 Å². The zero-order chi connectivity index (χ0) is 23.8. The Labute approximate surface area is 192 Å². The molecule has 0 saturated heterocycles. The molecule has 3 aliphatic rings. The molecule has 1 aliphatic carbocycles. The molecule has 6 rings (SSSR count). The Balaban J connectivity index is 1.32. The summed E-state index contributed by atoms with van der Waals surface area (Å²) in [7, 11) is 0. The lowest BCUT2D eigenvalue weighted by Crippen LogP contribution is -2.48. The minimum atomic E-state index is -4.45. The number of ether oxygens (including phenoxy) is 1. The number of fused-ring (bicyclic) bond motifs is 4. The van der Waals surface area contributed by atoms with Gasteiger partial charge in [0.1, 0.15) is 17.1 Å². The van der Waals surface area contributed by atoms with E-state index in [2.05, 4.69) is 4.98 Å². The number of pyridine rings is 1. The predicted octanol–water partition coefficient (Wildman–Crippen LogP) is 3.17. The van der Waals surface area contributed by atoms with Crippen molar-refractivity contribution in [3.63, 3.8) is 0 Å². The van der Waals surface area contributed by atoms with Crippen LogP contribution >= 0.6 is 0 Å². The van der Waals surface area contributed by atoms with Crippen molar-refractivity contribution in [3.05, 3.63) is 75.7 Å². The van der Waals surface area contributed by atoms with Crippen LogP contribution in [0.15, 0.2) is 47.7 Å². The van der Waals surface area contributed by atoms with E-state index in [1.54, 1.807) is 34.1 Å².